The molecule has 0 heterocycles. The number of amides is 2. The van der Waals surface area contributed by atoms with Crippen LogP contribution in [-0.2, 0) is 14.3 Å². The lowest BCUT2D eigenvalue weighted by molar-refractivity contribution is -0.122. The molecule has 1 aromatic carbocycles. The van der Waals surface area contributed by atoms with Crippen LogP contribution in [0.25, 0.3) is 0 Å². The summed E-state index contributed by atoms with van der Waals surface area (Å²) in [6.07, 6.45) is 0.223. The van der Waals surface area contributed by atoms with Crippen LogP contribution in [0.3, 0.4) is 0 Å². The molecule has 0 aliphatic carbocycles. The number of carbonyl (C=O) groups is 2. The highest BCUT2D eigenvalue weighted by Gasteiger charge is 2.16. The SMILES string of the molecule is COCCNCCNC(=O)CC(NC(C)=O)c1ccc(C)cc1.Cl. The van der Waals surface area contributed by atoms with Gasteiger partial charge in [-0.2, -0.15) is 0 Å². The fourth-order valence-electron chi connectivity index (χ4n) is 2.14. The van der Waals surface area contributed by atoms with Gasteiger partial charge >= 0.3 is 0 Å². The van der Waals surface area contributed by atoms with Gasteiger partial charge in [0.15, 0.2) is 0 Å². The normalized spacial score (nSPS) is 11.3. The standard InChI is InChI=1S/C17H27N3O3.ClH/c1-13-4-6-15(7-5-13)16(20-14(2)21)12-17(22)19-9-8-18-10-11-23-3;/h4-7,16,18H,8-12H2,1-3H3,(H,19,22)(H,20,21);1H. The number of halogens is 1. The largest absolute Gasteiger partial charge is 0.383 e. The third-order valence-corrected chi connectivity index (χ3v) is 3.35. The second-order valence-electron chi connectivity index (χ2n) is 5.46. The molecule has 1 atom stereocenters. The Balaban J connectivity index is 0.00000529. The van der Waals surface area contributed by atoms with E-state index in [2.05, 4.69) is 16.0 Å². The van der Waals surface area contributed by atoms with Crippen LogP contribution >= 0.6 is 12.4 Å². The molecule has 2 amide bonds. The third-order valence-electron chi connectivity index (χ3n) is 3.35. The van der Waals surface area contributed by atoms with Crippen LogP contribution in [0.1, 0.15) is 30.5 Å². The quantitative estimate of drug-likeness (QED) is 0.552. The van der Waals surface area contributed by atoms with E-state index in [-0.39, 0.29) is 36.7 Å². The van der Waals surface area contributed by atoms with E-state index in [1.807, 2.05) is 31.2 Å². The molecule has 24 heavy (non-hydrogen) atoms. The van der Waals surface area contributed by atoms with Crippen LogP contribution in [0.15, 0.2) is 24.3 Å². The number of hydrogen-bond acceptors (Lipinski definition) is 4. The molecule has 0 aromatic heterocycles. The zero-order valence-electron chi connectivity index (χ0n) is 14.6. The van der Waals surface area contributed by atoms with Gasteiger partial charge in [-0.15, -0.1) is 12.4 Å². The predicted molar refractivity (Wildman–Crippen MR) is 97.4 cm³/mol. The Labute approximate surface area is 150 Å². The first kappa shape index (κ1) is 22.4. The molecule has 1 aromatic rings. The van der Waals surface area contributed by atoms with Crippen molar-refractivity contribution >= 4 is 24.2 Å². The molecule has 136 valence electrons. The molecule has 0 aliphatic heterocycles. The van der Waals surface area contributed by atoms with E-state index in [1.165, 1.54) is 6.92 Å². The van der Waals surface area contributed by atoms with Crippen molar-refractivity contribution in [1.82, 2.24) is 16.0 Å². The average molecular weight is 358 g/mol. The highest BCUT2D eigenvalue weighted by Crippen LogP contribution is 2.17. The number of methoxy groups -OCH3 is 1. The molecule has 0 fully saturated rings. The lowest BCUT2D eigenvalue weighted by Crippen LogP contribution is -2.36. The number of ether oxygens (including phenoxy) is 1. The number of hydrogen-bond donors (Lipinski definition) is 3. The molecule has 7 heteroatoms. The van der Waals surface area contributed by atoms with Crippen LogP contribution in [-0.4, -0.2) is 45.2 Å². The summed E-state index contributed by atoms with van der Waals surface area (Å²) in [5.74, 6) is -0.234. The lowest BCUT2D eigenvalue weighted by Gasteiger charge is -2.18. The second kappa shape index (κ2) is 12.8. The van der Waals surface area contributed by atoms with Crippen LogP contribution in [0.5, 0.6) is 0 Å². The Kier molecular flexibility index (Phi) is 11.9. The van der Waals surface area contributed by atoms with Crippen molar-refractivity contribution in [2.24, 2.45) is 0 Å². The van der Waals surface area contributed by atoms with E-state index in [0.717, 1.165) is 17.7 Å². The first-order chi connectivity index (χ1) is 11.0. The van der Waals surface area contributed by atoms with Gasteiger partial charge in [0.05, 0.1) is 19.1 Å². The van der Waals surface area contributed by atoms with Crippen LogP contribution in [0.4, 0.5) is 0 Å². The molecule has 0 bridgehead atoms. The minimum absolute atomic E-state index is 0. The summed E-state index contributed by atoms with van der Waals surface area (Å²) in [5.41, 5.74) is 2.07. The summed E-state index contributed by atoms with van der Waals surface area (Å²) in [6, 6.07) is 7.52. The van der Waals surface area contributed by atoms with Crippen molar-refractivity contribution in [2.45, 2.75) is 26.3 Å². The molecule has 1 rings (SSSR count). The van der Waals surface area contributed by atoms with E-state index < -0.39 is 0 Å². The van der Waals surface area contributed by atoms with Gasteiger partial charge in [0.2, 0.25) is 11.8 Å². The lowest BCUT2D eigenvalue weighted by atomic mass is 10.0. The second-order valence-corrected chi connectivity index (χ2v) is 5.46. The zero-order valence-corrected chi connectivity index (χ0v) is 15.4. The van der Waals surface area contributed by atoms with Crippen LogP contribution < -0.4 is 16.0 Å². The van der Waals surface area contributed by atoms with Crippen molar-refractivity contribution in [2.75, 3.05) is 33.4 Å². The third kappa shape index (κ3) is 9.50. The number of nitrogens with one attached hydrogen (secondary N) is 3. The van der Waals surface area contributed by atoms with E-state index >= 15 is 0 Å². The molecular formula is C17H28ClN3O3. The Hall–Kier alpha value is -1.63. The Bertz CT molecular complexity index is 494. The first-order valence-electron chi connectivity index (χ1n) is 7.83. The fourth-order valence-corrected chi connectivity index (χ4v) is 2.14. The maximum absolute atomic E-state index is 12.0. The highest BCUT2D eigenvalue weighted by molar-refractivity contribution is 5.85. The smallest absolute Gasteiger partial charge is 0.222 e. The van der Waals surface area contributed by atoms with E-state index in [1.54, 1.807) is 7.11 Å². The van der Waals surface area contributed by atoms with E-state index in [4.69, 9.17) is 4.74 Å². The minimum atomic E-state index is -0.311. The average Bonchev–Trinajstić information content (AvgIpc) is 2.50. The van der Waals surface area contributed by atoms with Crippen LogP contribution in [0.2, 0.25) is 0 Å². The Morgan fingerprint density at radius 1 is 1.12 bits per heavy atom. The van der Waals surface area contributed by atoms with Gasteiger partial charge in [-0.3, -0.25) is 9.59 Å². The molecule has 3 N–H and O–H groups in total. The topological polar surface area (TPSA) is 79.5 Å². The van der Waals surface area contributed by atoms with E-state index in [9.17, 15) is 9.59 Å². The van der Waals surface area contributed by atoms with Gasteiger partial charge in [-0.1, -0.05) is 29.8 Å². The summed E-state index contributed by atoms with van der Waals surface area (Å²) in [6.45, 7) is 6.09. The first-order valence-corrected chi connectivity index (χ1v) is 7.83. The predicted octanol–water partition coefficient (Wildman–Crippen LogP) is 1.34. The highest BCUT2D eigenvalue weighted by atomic mass is 35.5. The Morgan fingerprint density at radius 3 is 2.38 bits per heavy atom. The van der Waals surface area contributed by atoms with Gasteiger partial charge in [0, 0.05) is 33.7 Å². The number of aryl methyl sites for hydroxylation is 1. The summed E-state index contributed by atoms with van der Waals surface area (Å²) < 4.78 is 4.93. The number of carbonyl (C=O) groups excluding carboxylic acids is 2. The van der Waals surface area contributed by atoms with Crippen molar-refractivity contribution in [3.8, 4) is 0 Å². The maximum atomic E-state index is 12.0. The summed E-state index contributed by atoms with van der Waals surface area (Å²) in [5, 5.41) is 8.84. The van der Waals surface area contributed by atoms with Gasteiger partial charge in [-0.25, -0.2) is 0 Å². The number of rotatable bonds is 10. The van der Waals surface area contributed by atoms with Crippen molar-refractivity contribution in [1.29, 1.82) is 0 Å². The summed E-state index contributed by atoms with van der Waals surface area (Å²) in [4.78, 5) is 23.4. The maximum Gasteiger partial charge on any atom is 0.222 e. The molecule has 0 saturated heterocycles. The van der Waals surface area contributed by atoms with Crippen molar-refractivity contribution < 1.29 is 14.3 Å². The molecule has 1 unspecified atom stereocenters. The van der Waals surface area contributed by atoms with E-state index in [0.29, 0.717) is 19.7 Å². The van der Waals surface area contributed by atoms with Gasteiger partial charge in [-0.05, 0) is 12.5 Å². The summed E-state index contributed by atoms with van der Waals surface area (Å²) >= 11 is 0. The Morgan fingerprint density at radius 2 is 1.79 bits per heavy atom. The van der Waals surface area contributed by atoms with Crippen LogP contribution in [0, 0.1) is 6.92 Å². The monoisotopic (exact) mass is 357 g/mol. The van der Waals surface area contributed by atoms with Crippen molar-refractivity contribution in [3.63, 3.8) is 0 Å². The van der Waals surface area contributed by atoms with Gasteiger partial charge < -0.3 is 20.7 Å². The minimum Gasteiger partial charge on any atom is -0.383 e. The fraction of sp³-hybridized carbons (Fsp3) is 0.529. The molecular weight excluding hydrogens is 330 g/mol. The molecule has 0 saturated carbocycles. The van der Waals surface area contributed by atoms with Gasteiger partial charge in [0.1, 0.15) is 0 Å². The summed E-state index contributed by atoms with van der Waals surface area (Å²) in [7, 11) is 1.65. The molecule has 0 spiro atoms. The molecule has 6 nitrogen and oxygen atoms in total. The zero-order chi connectivity index (χ0) is 17.1. The van der Waals surface area contributed by atoms with Gasteiger partial charge in [0.25, 0.3) is 0 Å². The molecule has 0 aliphatic rings. The number of benzene rings is 1. The van der Waals surface area contributed by atoms with Crippen molar-refractivity contribution in [3.05, 3.63) is 35.4 Å². The molecule has 0 radical (unpaired) electrons.